The first-order valence-corrected chi connectivity index (χ1v) is 7.60. The third-order valence-electron chi connectivity index (χ3n) is 2.94. The Hall–Kier alpha value is -1.28. The van der Waals surface area contributed by atoms with Crippen molar-refractivity contribution in [3.63, 3.8) is 0 Å². The summed E-state index contributed by atoms with van der Waals surface area (Å²) in [6.07, 6.45) is 3.53. The maximum atomic E-state index is 11.9. The van der Waals surface area contributed by atoms with Gasteiger partial charge >= 0.3 is 0 Å². The van der Waals surface area contributed by atoms with E-state index in [0.717, 1.165) is 11.1 Å². The van der Waals surface area contributed by atoms with Gasteiger partial charge in [0, 0.05) is 16.5 Å². The highest BCUT2D eigenvalue weighted by Gasteiger charge is 2.11. The number of hydrogen-bond acceptors (Lipinski definition) is 1. The van der Waals surface area contributed by atoms with Gasteiger partial charge in [-0.15, -0.1) is 11.6 Å². The average molecular weight is 340 g/mol. The van der Waals surface area contributed by atoms with Crippen molar-refractivity contribution in [3.8, 4) is 0 Å². The molecule has 0 spiro atoms. The summed E-state index contributed by atoms with van der Waals surface area (Å²) in [4.78, 5) is 11.9. The number of hydrogen-bond donors (Lipinski definition) is 0. The summed E-state index contributed by atoms with van der Waals surface area (Å²) in [5, 5.41) is 0.961. The van der Waals surface area contributed by atoms with Crippen LogP contribution in [0.2, 0.25) is 10.0 Å². The first-order valence-electron chi connectivity index (χ1n) is 6.40. The van der Waals surface area contributed by atoms with E-state index in [0.29, 0.717) is 10.0 Å². The Morgan fingerprint density at radius 1 is 0.952 bits per heavy atom. The number of allylic oxidation sites excluding steroid dienone is 1. The van der Waals surface area contributed by atoms with Crippen LogP contribution in [0.25, 0.3) is 6.08 Å². The van der Waals surface area contributed by atoms with Crippen LogP contribution in [0.15, 0.2) is 54.6 Å². The Bertz CT molecular complexity index is 630. The molecule has 0 saturated carbocycles. The molecule has 0 aliphatic rings. The lowest BCUT2D eigenvalue weighted by Gasteiger charge is -2.07. The predicted octanol–water partition coefficient (Wildman–Crippen LogP) is 5.95. The summed E-state index contributed by atoms with van der Waals surface area (Å²) in [5.41, 5.74) is 1.81. The first kappa shape index (κ1) is 16.1. The Kier molecular flexibility index (Phi) is 5.86. The third-order valence-corrected chi connectivity index (χ3v) is 3.85. The van der Waals surface area contributed by atoms with Gasteiger partial charge in [-0.3, -0.25) is 4.79 Å². The third kappa shape index (κ3) is 5.20. The largest absolute Gasteiger partial charge is 0.295 e. The molecule has 4 heteroatoms. The topological polar surface area (TPSA) is 17.1 Å². The second-order valence-electron chi connectivity index (χ2n) is 4.57. The molecule has 0 unspecified atom stereocenters. The van der Waals surface area contributed by atoms with Crippen molar-refractivity contribution in [2.45, 2.75) is 11.8 Å². The van der Waals surface area contributed by atoms with E-state index >= 15 is 0 Å². The fraction of sp³-hybridized carbons (Fsp3) is 0.118. The molecule has 0 N–H and O–H groups in total. The van der Waals surface area contributed by atoms with Crippen molar-refractivity contribution in [2.75, 3.05) is 0 Å². The quantitative estimate of drug-likeness (QED) is 0.486. The Balaban J connectivity index is 1.94. The van der Waals surface area contributed by atoms with E-state index in [1.54, 1.807) is 30.3 Å². The van der Waals surface area contributed by atoms with Gasteiger partial charge in [-0.1, -0.05) is 53.5 Å². The molecule has 21 heavy (non-hydrogen) atoms. The normalized spacial score (nSPS) is 12.5. The number of halogens is 3. The molecule has 0 bridgehead atoms. The molecular formula is C17H13Cl3O. The van der Waals surface area contributed by atoms with E-state index in [1.165, 1.54) is 6.08 Å². The molecule has 0 saturated heterocycles. The summed E-state index contributed by atoms with van der Waals surface area (Å²) in [7, 11) is 0. The van der Waals surface area contributed by atoms with E-state index in [9.17, 15) is 4.79 Å². The summed E-state index contributed by atoms with van der Waals surface area (Å²) in [6.45, 7) is 0. The van der Waals surface area contributed by atoms with Crippen molar-refractivity contribution < 1.29 is 4.79 Å². The monoisotopic (exact) mass is 338 g/mol. The molecule has 0 amide bonds. The number of ketones is 1. The second-order valence-corrected chi connectivity index (χ2v) is 5.97. The predicted molar refractivity (Wildman–Crippen MR) is 90.2 cm³/mol. The van der Waals surface area contributed by atoms with Gasteiger partial charge in [0.15, 0.2) is 5.78 Å². The molecule has 108 valence electrons. The Morgan fingerprint density at radius 3 is 2.05 bits per heavy atom. The van der Waals surface area contributed by atoms with Crippen LogP contribution in [0.5, 0.6) is 0 Å². The van der Waals surface area contributed by atoms with Crippen LogP contribution in [0, 0.1) is 0 Å². The molecule has 0 heterocycles. The van der Waals surface area contributed by atoms with Crippen molar-refractivity contribution in [2.24, 2.45) is 0 Å². The molecule has 0 radical (unpaired) electrons. The molecule has 2 rings (SSSR count). The molecule has 2 aromatic carbocycles. The number of carbonyl (C=O) groups excluding carboxylic acids is 1. The van der Waals surface area contributed by atoms with Gasteiger partial charge in [0.1, 0.15) is 0 Å². The van der Waals surface area contributed by atoms with E-state index in [1.807, 2.05) is 24.3 Å². The highest BCUT2D eigenvalue weighted by atomic mass is 35.5. The van der Waals surface area contributed by atoms with Gasteiger partial charge in [0.25, 0.3) is 0 Å². The molecule has 0 fully saturated rings. The molecule has 2 aromatic rings. The minimum Gasteiger partial charge on any atom is -0.295 e. The van der Waals surface area contributed by atoms with E-state index in [2.05, 4.69) is 0 Å². The smallest absolute Gasteiger partial charge is 0.157 e. The maximum absolute atomic E-state index is 11.9. The van der Waals surface area contributed by atoms with Gasteiger partial charge in [-0.25, -0.2) is 0 Å². The zero-order valence-electron chi connectivity index (χ0n) is 11.1. The van der Waals surface area contributed by atoms with Gasteiger partial charge < -0.3 is 0 Å². The van der Waals surface area contributed by atoms with Crippen LogP contribution >= 0.6 is 34.8 Å². The second kappa shape index (κ2) is 7.65. The Labute approximate surface area is 139 Å². The van der Waals surface area contributed by atoms with Crippen molar-refractivity contribution in [3.05, 3.63) is 75.8 Å². The number of benzene rings is 2. The van der Waals surface area contributed by atoms with Gasteiger partial charge in [-0.05, 0) is 41.5 Å². The van der Waals surface area contributed by atoms with Crippen LogP contribution in [0.3, 0.4) is 0 Å². The van der Waals surface area contributed by atoms with Gasteiger partial charge in [0.2, 0.25) is 0 Å². The SMILES string of the molecule is O=C(/C=C\c1ccc(Cl)cc1)C[C@H](Cl)c1ccc(Cl)cc1. The van der Waals surface area contributed by atoms with Crippen molar-refractivity contribution in [1.29, 1.82) is 0 Å². The zero-order valence-corrected chi connectivity index (χ0v) is 13.4. The van der Waals surface area contributed by atoms with Crippen LogP contribution in [0.1, 0.15) is 22.9 Å². The fourth-order valence-electron chi connectivity index (χ4n) is 1.80. The summed E-state index contributed by atoms with van der Waals surface area (Å²) in [6, 6.07) is 14.5. The standard InChI is InChI=1S/C17H13Cl3O/c18-14-6-1-12(2-7-14)3-10-16(21)11-17(20)13-4-8-15(19)9-5-13/h1-10,17H,11H2/b10-3-/t17-/m0/s1. The number of carbonyl (C=O) groups is 1. The lowest BCUT2D eigenvalue weighted by atomic mass is 10.1. The highest BCUT2D eigenvalue weighted by Crippen LogP contribution is 2.26. The lowest BCUT2D eigenvalue weighted by molar-refractivity contribution is -0.114. The van der Waals surface area contributed by atoms with Crippen molar-refractivity contribution >= 4 is 46.7 Å². The molecule has 0 aromatic heterocycles. The Morgan fingerprint density at radius 2 is 1.48 bits per heavy atom. The molecule has 0 aliphatic heterocycles. The molecule has 1 atom stereocenters. The fourth-order valence-corrected chi connectivity index (χ4v) is 2.35. The molecule has 0 aliphatic carbocycles. The molecular weight excluding hydrogens is 327 g/mol. The molecule has 1 nitrogen and oxygen atoms in total. The van der Waals surface area contributed by atoms with Gasteiger partial charge in [0.05, 0.1) is 5.38 Å². The minimum atomic E-state index is -0.357. The lowest BCUT2D eigenvalue weighted by Crippen LogP contribution is -1.99. The van der Waals surface area contributed by atoms with Crippen molar-refractivity contribution in [1.82, 2.24) is 0 Å². The van der Waals surface area contributed by atoms with Crippen LogP contribution in [-0.4, -0.2) is 5.78 Å². The van der Waals surface area contributed by atoms with Crippen LogP contribution in [0.4, 0.5) is 0 Å². The minimum absolute atomic E-state index is 0.0279. The van der Waals surface area contributed by atoms with E-state index in [4.69, 9.17) is 34.8 Å². The summed E-state index contributed by atoms with van der Waals surface area (Å²) < 4.78 is 0. The number of rotatable bonds is 5. The summed E-state index contributed by atoms with van der Waals surface area (Å²) >= 11 is 17.9. The first-order chi connectivity index (χ1) is 10.0. The number of alkyl halides is 1. The zero-order chi connectivity index (χ0) is 15.2. The maximum Gasteiger partial charge on any atom is 0.157 e. The highest BCUT2D eigenvalue weighted by molar-refractivity contribution is 6.31. The van der Waals surface area contributed by atoms with Crippen LogP contribution < -0.4 is 0 Å². The van der Waals surface area contributed by atoms with E-state index in [-0.39, 0.29) is 17.6 Å². The van der Waals surface area contributed by atoms with Crippen LogP contribution in [-0.2, 0) is 4.79 Å². The average Bonchev–Trinajstić information content (AvgIpc) is 2.47. The summed E-state index contributed by atoms with van der Waals surface area (Å²) in [5.74, 6) is -0.0279. The van der Waals surface area contributed by atoms with E-state index < -0.39 is 0 Å². The van der Waals surface area contributed by atoms with Gasteiger partial charge in [-0.2, -0.15) is 0 Å².